The second-order valence-corrected chi connectivity index (χ2v) is 6.17. The summed E-state index contributed by atoms with van der Waals surface area (Å²) in [6.07, 6.45) is 8.23. The number of likely N-dealkylation sites (tertiary alicyclic amines) is 1. The van der Waals surface area contributed by atoms with Crippen LogP contribution in [-0.2, 0) is 14.3 Å². The third kappa shape index (κ3) is 4.19. The first-order chi connectivity index (χ1) is 10.1. The molecule has 1 aliphatic carbocycles. The molecule has 2 rings (SSSR count). The van der Waals surface area contributed by atoms with E-state index >= 15 is 0 Å². The fourth-order valence-corrected chi connectivity index (χ4v) is 3.40. The number of nitrogens with zero attached hydrogens (tertiary/aromatic N) is 1. The van der Waals surface area contributed by atoms with Crippen molar-refractivity contribution in [2.75, 3.05) is 6.54 Å². The molecule has 2 fully saturated rings. The maximum Gasteiger partial charge on any atom is 0.326 e. The molecule has 5 heteroatoms. The molecule has 0 radical (unpaired) electrons. The van der Waals surface area contributed by atoms with Gasteiger partial charge in [0.2, 0.25) is 0 Å². The summed E-state index contributed by atoms with van der Waals surface area (Å²) in [6, 6.07) is -0.671. The van der Waals surface area contributed by atoms with Gasteiger partial charge in [-0.3, -0.25) is 4.79 Å². The molecule has 1 heterocycles. The highest BCUT2D eigenvalue weighted by molar-refractivity contribution is 5.86. The van der Waals surface area contributed by atoms with E-state index in [-0.39, 0.29) is 12.0 Å². The number of ether oxygens (including phenoxy) is 1. The Morgan fingerprint density at radius 3 is 2.43 bits per heavy atom. The van der Waals surface area contributed by atoms with Crippen LogP contribution >= 0.6 is 0 Å². The van der Waals surface area contributed by atoms with E-state index < -0.39 is 18.1 Å². The summed E-state index contributed by atoms with van der Waals surface area (Å²) in [4.78, 5) is 25.5. The van der Waals surface area contributed by atoms with E-state index in [2.05, 4.69) is 0 Å². The zero-order valence-corrected chi connectivity index (χ0v) is 12.9. The third-order valence-corrected chi connectivity index (χ3v) is 4.63. The minimum Gasteiger partial charge on any atom is -0.480 e. The van der Waals surface area contributed by atoms with E-state index in [1.807, 2.05) is 6.92 Å². The zero-order chi connectivity index (χ0) is 15.2. The molecule has 2 aliphatic rings. The number of carbonyl (C=O) groups is 2. The summed E-state index contributed by atoms with van der Waals surface area (Å²) in [7, 11) is 0. The molecule has 5 nitrogen and oxygen atoms in total. The SMILES string of the molecule is CCC(OC1CCCCC1)C(=O)N1CCCC[C@@H]1C(=O)O. The Morgan fingerprint density at radius 1 is 1.14 bits per heavy atom. The number of rotatable bonds is 5. The highest BCUT2D eigenvalue weighted by Crippen LogP contribution is 2.24. The Labute approximate surface area is 126 Å². The minimum absolute atomic E-state index is 0.129. The molecule has 1 saturated heterocycles. The number of aliphatic carboxylic acids is 1. The van der Waals surface area contributed by atoms with Crippen molar-refractivity contribution < 1.29 is 19.4 Å². The van der Waals surface area contributed by atoms with Crippen LogP contribution in [0.5, 0.6) is 0 Å². The maximum absolute atomic E-state index is 12.7. The molecule has 2 atom stereocenters. The molecule has 1 N–H and O–H groups in total. The fourth-order valence-electron chi connectivity index (χ4n) is 3.40. The lowest BCUT2D eigenvalue weighted by atomic mass is 9.97. The van der Waals surface area contributed by atoms with Crippen molar-refractivity contribution in [3.63, 3.8) is 0 Å². The van der Waals surface area contributed by atoms with Crippen LogP contribution in [0.1, 0.15) is 64.7 Å². The molecule has 1 aliphatic heterocycles. The van der Waals surface area contributed by atoms with Gasteiger partial charge in [-0.2, -0.15) is 0 Å². The second kappa shape index (κ2) is 7.78. The third-order valence-electron chi connectivity index (χ3n) is 4.63. The number of hydrogen-bond donors (Lipinski definition) is 1. The monoisotopic (exact) mass is 297 g/mol. The summed E-state index contributed by atoms with van der Waals surface area (Å²) in [5, 5.41) is 9.30. The molecule has 1 unspecified atom stereocenters. The van der Waals surface area contributed by atoms with E-state index in [0.29, 0.717) is 19.4 Å². The van der Waals surface area contributed by atoms with Gasteiger partial charge in [-0.25, -0.2) is 4.79 Å². The Hall–Kier alpha value is -1.10. The molecule has 0 bridgehead atoms. The lowest BCUT2D eigenvalue weighted by Gasteiger charge is -2.36. The molecule has 0 aromatic carbocycles. The smallest absolute Gasteiger partial charge is 0.326 e. The van der Waals surface area contributed by atoms with Crippen molar-refractivity contribution in [2.24, 2.45) is 0 Å². The number of carboxylic acid groups (broad SMARTS) is 1. The van der Waals surface area contributed by atoms with Crippen LogP contribution in [0.15, 0.2) is 0 Å². The molecule has 1 amide bonds. The Morgan fingerprint density at radius 2 is 1.81 bits per heavy atom. The Balaban J connectivity index is 1.98. The number of carboxylic acids is 1. The highest BCUT2D eigenvalue weighted by atomic mass is 16.5. The van der Waals surface area contributed by atoms with Gasteiger partial charge in [-0.05, 0) is 38.5 Å². The van der Waals surface area contributed by atoms with Crippen LogP contribution in [0, 0.1) is 0 Å². The van der Waals surface area contributed by atoms with Crippen molar-refractivity contribution >= 4 is 11.9 Å². The molecule has 0 spiro atoms. The lowest BCUT2D eigenvalue weighted by Crippen LogP contribution is -2.52. The van der Waals surface area contributed by atoms with E-state index in [0.717, 1.165) is 38.5 Å². The van der Waals surface area contributed by atoms with E-state index in [1.54, 1.807) is 0 Å². The van der Waals surface area contributed by atoms with E-state index in [1.165, 1.54) is 11.3 Å². The summed E-state index contributed by atoms with van der Waals surface area (Å²) in [6.45, 7) is 2.48. The van der Waals surface area contributed by atoms with E-state index in [9.17, 15) is 14.7 Å². The molecule has 0 aromatic rings. The molecular weight excluding hydrogens is 270 g/mol. The lowest BCUT2D eigenvalue weighted by molar-refractivity contribution is -0.161. The molecule has 0 aromatic heterocycles. The Bertz CT molecular complexity index is 365. The van der Waals surface area contributed by atoms with Gasteiger partial charge in [0, 0.05) is 6.54 Å². The van der Waals surface area contributed by atoms with Crippen LogP contribution in [0.3, 0.4) is 0 Å². The van der Waals surface area contributed by atoms with Crippen molar-refractivity contribution in [1.29, 1.82) is 0 Å². The normalized spacial score (nSPS) is 25.6. The van der Waals surface area contributed by atoms with Gasteiger partial charge in [0.15, 0.2) is 0 Å². The fraction of sp³-hybridized carbons (Fsp3) is 0.875. The highest BCUT2D eigenvalue weighted by Gasteiger charge is 2.36. The Kier molecular flexibility index (Phi) is 6.03. The van der Waals surface area contributed by atoms with Gasteiger partial charge >= 0.3 is 5.97 Å². The van der Waals surface area contributed by atoms with Gasteiger partial charge in [0.05, 0.1) is 6.10 Å². The standard InChI is InChI=1S/C16H27NO4/c1-2-14(21-12-8-4-3-5-9-12)15(18)17-11-7-6-10-13(17)16(19)20/h12-14H,2-11H2,1H3,(H,19,20)/t13-,14?/m1/s1. The van der Waals surface area contributed by atoms with Gasteiger partial charge in [-0.15, -0.1) is 0 Å². The van der Waals surface area contributed by atoms with Crippen molar-refractivity contribution in [1.82, 2.24) is 4.90 Å². The van der Waals surface area contributed by atoms with Crippen LogP contribution in [0.25, 0.3) is 0 Å². The van der Waals surface area contributed by atoms with Gasteiger partial charge in [0.1, 0.15) is 12.1 Å². The first-order valence-corrected chi connectivity index (χ1v) is 8.32. The summed E-state index contributed by atoms with van der Waals surface area (Å²) < 4.78 is 6.00. The summed E-state index contributed by atoms with van der Waals surface area (Å²) in [5.41, 5.74) is 0. The second-order valence-electron chi connectivity index (χ2n) is 6.17. The van der Waals surface area contributed by atoms with Gasteiger partial charge in [-0.1, -0.05) is 26.2 Å². The summed E-state index contributed by atoms with van der Waals surface area (Å²) >= 11 is 0. The van der Waals surface area contributed by atoms with E-state index in [4.69, 9.17) is 4.74 Å². The summed E-state index contributed by atoms with van der Waals surface area (Å²) in [5.74, 6) is -1.02. The number of carbonyl (C=O) groups excluding carboxylic acids is 1. The van der Waals surface area contributed by atoms with Gasteiger partial charge < -0.3 is 14.7 Å². The van der Waals surface area contributed by atoms with Crippen molar-refractivity contribution in [3.8, 4) is 0 Å². The maximum atomic E-state index is 12.7. The largest absolute Gasteiger partial charge is 0.480 e. The van der Waals surface area contributed by atoms with Crippen LogP contribution < -0.4 is 0 Å². The van der Waals surface area contributed by atoms with Crippen LogP contribution in [0.2, 0.25) is 0 Å². The predicted molar refractivity (Wildman–Crippen MR) is 79.0 cm³/mol. The zero-order valence-electron chi connectivity index (χ0n) is 12.9. The number of amides is 1. The minimum atomic E-state index is -0.893. The predicted octanol–water partition coefficient (Wildman–Crippen LogP) is 2.58. The molecule has 120 valence electrons. The average molecular weight is 297 g/mol. The topological polar surface area (TPSA) is 66.8 Å². The van der Waals surface area contributed by atoms with Crippen LogP contribution in [-0.4, -0.2) is 46.7 Å². The average Bonchev–Trinajstić information content (AvgIpc) is 2.53. The number of piperidine rings is 1. The first kappa shape index (κ1) is 16.3. The van der Waals surface area contributed by atoms with Crippen molar-refractivity contribution in [2.45, 2.75) is 83.0 Å². The van der Waals surface area contributed by atoms with Crippen molar-refractivity contribution in [3.05, 3.63) is 0 Å². The number of hydrogen-bond acceptors (Lipinski definition) is 3. The molecule has 21 heavy (non-hydrogen) atoms. The quantitative estimate of drug-likeness (QED) is 0.847. The molecule has 1 saturated carbocycles. The first-order valence-electron chi connectivity index (χ1n) is 8.32. The van der Waals surface area contributed by atoms with Crippen LogP contribution in [0.4, 0.5) is 0 Å². The molecular formula is C16H27NO4. The van der Waals surface area contributed by atoms with Gasteiger partial charge in [0.25, 0.3) is 5.91 Å².